The number of anilines is 1. The minimum Gasteiger partial charge on any atom is -0.508 e. The molecule has 7 nitrogen and oxygen atoms in total. The molecule has 0 atom stereocenters. The van der Waals surface area contributed by atoms with Gasteiger partial charge in [-0.3, -0.25) is 9.69 Å². The molecular weight excluding hydrogens is 399 g/mol. The van der Waals surface area contributed by atoms with E-state index in [2.05, 4.69) is 20.9 Å². The zero-order valence-corrected chi connectivity index (χ0v) is 17.1. The molecule has 168 valence electrons. The average molecular weight is 429 g/mol. The summed E-state index contributed by atoms with van der Waals surface area (Å²) in [7, 11) is 0. The van der Waals surface area contributed by atoms with Crippen molar-refractivity contribution in [1.29, 1.82) is 0 Å². The lowest BCUT2D eigenvalue weighted by atomic mass is 9.93. The molecule has 2 rings (SSSR count). The van der Waals surface area contributed by atoms with E-state index in [1.165, 1.54) is 17.0 Å². The van der Waals surface area contributed by atoms with E-state index in [9.17, 15) is 23.1 Å². The van der Waals surface area contributed by atoms with E-state index >= 15 is 0 Å². The quantitative estimate of drug-likeness (QED) is 0.290. The van der Waals surface area contributed by atoms with Crippen molar-refractivity contribution in [3.05, 3.63) is 24.3 Å². The Kier molecular flexibility index (Phi) is 9.22. The van der Waals surface area contributed by atoms with Gasteiger partial charge in [-0.1, -0.05) is 0 Å². The van der Waals surface area contributed by atoms with Crippen LogP contribution < -0.4 is 16.0 Å². The number of halogens is 3. The monoisotopic (exact) mass is 429 g/mol. The number of nitrogens with zero attached hydrogens (tertiary/aromatic N) is 2. The third kappa shape index (κ3) is 9.34. The first-order valence-electron chi connectivity index (χ1n) is 10.2. The van der Waals surface area contributed by atoms with E-state index in [0.717, 1.165) is 19.3 Å². The van der Waals surface area contributed by atoms with Crippen LogP contribution in [0.25, 0.3) is 0 Å². The Balaban J connectivity index is 1.71. The summed E-state index contributed by atoms with van der Waals surface area (Å²) >= 11 is 0. The number of phenolic OH excluding ortho intramolecular Hbond substituents is 1. The van der Waals surface area contributed by atoms with E-state index < -0.39 is 12.7 Å². The second-order valence-electron chi connectivity index (χ2n) is 7.34. The van der Waals surface area contributed by atoms with E-state index in [0.29, 0.717) is 43.7 Å². The summed E-state index contributed by atoms with van der Waals surface area (Å²) in [5, 5.41) is 18.2. The van der Waals surface area contributed by atoms with Gasteiger partial charge in [0.05, 0.1) is 6.54 Å². The van der Waals surface area contributed by atoms with Crippen molar-refractivity contribution in [2.75, 3.05) is 44.6 Å². The molecule has 0 spiro atoms. The van der Waals surface area contributed by atoms with Crippen LogP contribution in [0.15, 0.2) is 29.3 Å². The molecule has 0 bridgehead atoms. The van der Waals surface area contributed by atoms with Crippen molar-refractivity contribution >= 4 is 17.6 Å². The highest BCUT2D eigenvalue weighted by Gasteiger charge is 2.32. The van der Waals surface area contributed by atoms with Crippen LogP contribution in [0.4, 0.5) is 18.9 Å². The average Bonchev–Trinajstić information content (AvgIpc) is 2.68. The van der Waals surface area contributed by atoms with Gasteiger partial charge < -0.3 is 21.1 Å². The lowest BCUT2D eigenvalue weighted by Crippen LogP contribution is -2.41. The number of alkyl halides is 3. The highest BCUT2D eigenvalue weighted by molar-refractivity contribution is 5.94. The summed E-state index contributed by atoms with van der Waals surface area (Å²) in [5.41, 5.74) is 0.572. The summed E-state index contributed by atoms with van der Waals surface area (Å²) in [4.78, 5) is 17.8. The molecule has 0 aliphatic carbocycles. The highest BCUT2D eigenvalue weighted by Crippen LogP contribution is 2.24. The number of carbonyl (C=O) groups excluding carboxylic acids is 1. The summed E-state index contributed by atoms with van der Waals surface area (Å²) in [6, 6.07) is 6.16. The molecule has 1 aliphatic heterocycles. The number of aromatic hydroxyl groups is 1. The number of guanidine groups is 1. The number of nitrogens with one attached hydrogen (secondary N) is 3. The topological polar surface area (TPSA) is 89.0 Å². The Morgan fingerprint density at radius 1 is 1.20 bits per heavy atom. The van der Waals surface area contributed by atoms with Crippen molar-refractivity contribution in [3.63, 3.8) is 0 Å². The number of hydrogen-bond acceptors (Lipinski definition) is 4. The lowest BCUT2D eigenvalue weighted by molar-refractivity contribution is -0.148. The van der Waals surface area contributed by atoms with Gasteiger partial charge in [0.2, 0.25) is 5.91 Å². The number of phenols is 1. The van der Waals surface area contributed by atoms with Gasteiger partial charge in [-0.2, -0.15) is 13.2 Å². The zero-order valence-electron chi connectivity index (χ0n) is 17.1. The number of amides is 1. The highest BCUT2D eigenvalue weighted by atomic mass is 19.4. The molecule has 1 aromatic rings. The van der Waals surface area contributed by atoms with Crippen LogP contribution in [0.5, 0.6) is 5.75 Å². The fourth-order valence-electron chi connectivity index (χ4n) is 3.32. The Labute approximate surface area is 174 Å². The SMILES string of the molecule is CCNC(=NCC(=O)Nc1ccc(O)cc1)NCCC1CCN(CC(F)(F)F)CC1. The van der Waals surface area contributed by atoms with E-state index in [1.807, 2.05) is 6.92 Å². The van der Waals surface area contributed by atoms with Crippen LogP contribution in [0, 0.1) is 5.92 Å². The van der Waals surface area contributed by atoms with Gasteiger partial charge in [-0.25, -0.2) is 4.99 Å². The normalized spacial score (nSPS) is 16.3. The summed E-state index contributed by atoms with van der Waals surface area (Å²) in [5.74, 6) is 0.737. The maximum absolute atomic E-state index is 12.5. The van der Waals surface area contributed by atoms with E-state index in [1.54, 1.807) is 12.1 Å². The van der Waals surface area contributed by atoms with Crippen LogP contribution in [-0.4, -0.2) is 67.3 Å². The molecule has 1 heterocycles. The first kappa shape index (κ1) is 23.8. The largest absolute Gasteiger partial charge is 0.508 e. The van der Waals surface area contributed by atoms with Crippen molar-refractivity contribution < 1.29 is 23.1 Å². The third-order valence-electron chi connectivity index (χ3n) is 4.83. The number of likely N-dealkylation sites (tertiary alicyclic amines) is 1. The maximum Gasteiger partial charge on any atom is 0.401 e. The number of carbonyl (C=O) groups is 1. The molecule has 30 heavy (non-hydrogen) atoms. The third-order valence-corrected chi connectivity index (χ3v) is 4.83. The lowest BCUT2D eigenvalue weighted by Gasteiger charge is -2.32. The van der Waals surface area contributed by atoms with Crippen LogP contribution in [0.2, 0.25) is 0 Å². The number of aliphatic imine (C=N–C) groups is 1. The van der Waals surface area contributed by atoms with E-state index in [-0.39, 0.29) is 18.2 Å². The molecule has 0 radical (unpaired) electrons. The Bertz CT molecular complexity index is 687. The van der Waals surface area contributed by atoms with Crippen LogP contribution in [0.3, 0.4) is 0 Å². The maximum atomic E-state index is 12.5. The molecule has 1 fully saturated rings. The van der Waals surface area contributed by atoms with E-state index in [4.69, 9.17) is 0 Å². The van der Waals surface area contributed by atoms with Gasteiger partial charge in [0.25, 0.3) is 0 Å². The van der Waals surface area contributed by atoms with Crippen molar-refractivity contribution in [2.24, 2.45) is 10.9 Å². The first-order chi connectivity index (χ1) is 14.2. The summed E-state index contributed by atoms with van der Waals surface area (Å²) < 4.78 is 37.4. The van der Waals surface area contributed by atoms with Gasteiger partial charge in [-0.05, 0) is 69.5 Å². The zero-order chi connectivity index (χ0) is 22.0. The molecule has 1 amide bonds. The van der Waals surface area contributed by atoms with Crippen molar-refractivity contribution in [1.82, 2.24) is 15.5 Å². The number of rotatable bonds is 8. The Morgan fingerprint density at radius 3 is 2.47 bits per heavy atom. The molecule has 1 saturated heterocycles. The molecule has 4 N–H and O–H groups in total. The molecular formula is C20H30F3N5O2. The van der Waals surface area contributed by atoms with Crippen LogP contribution in [-0.2, 0) is 4.79 Å². The predicted octanol–water partition coefficient (Wildman–Crippen LogP) is 2.55. The Hall–Kier alpha value is -2.49. The van der Waals surface area contributed by atoms with Gasteiger partial charge in [0.1, 0.15) is 12.3 Å². The molecule has 1 aliphatic rings. The fourth-order valence-corrected chi connectivity index (χ4v) is 3.32. The standard InChI is InChI=1S/C20H30F3N5O2/c1-2-24-19(26-13-18(30)27-16-3-5-17(29)6-4-16)25-10-7-15-8-11-28(12-9-15)14-20(21,22)23/h3-6,15,29H,2,7-14H2,1H3,(H,27,30)(H2,24,25,26). The van der Waals surface area contributed by atoms with Crippen LogP contribution >= 0.6 is 0 Å². The van der Waals surface area contributed by atoms with Gasteiger partial charge in [0, 0.05) is 18.8 Å². The number of piperidine rings is 1. The molecule has 0 unspecified atom stereocenters. The van der Waals surface area contributed by atoms with Gasteiger partial charge >= 0.3 is 6.18 Å². The van der Waals surface area contributed by atoms with Crippen molar-refractivity contribution in [3.8, 4) is 5.75 Å². The molecule has 0 saturated carbocycles. The minimum absolute atomic E-state index is 0.0635. The van der Waals surface area contributed by atoms with Crippen molar-refractivity contribution in [2.45, 2.75) is 32.4 Å². The second-order valence-corrected chi connectivity index (χ2v) is 7.34. The predicted molar refractivity (Wildman–Crippen MR) is 111 cm³/mol. The molecule has 10 heteroatoms. The van der Waals surface area contributed by atoms with Gasteiger partial charge in [-0.15, -0.1) is 0 Å². The minimum atomic E-state index is -4.14. The number of benzene rings is 1. The smallest absolute Gasteiger partial charge is 0.401 e. The van der Waals surface area contributed by atoms with Gasteiger partial charge in [0.15, 0.2) is 5.96 Å². The summed E-state index contributed by atoms with van der Waals surface area (Å²) in [6.07, 6.45) is -1.80. The molecule has 0 aromatic heterocycles. The fraction of sp³-hybridized carbons (Fsp3) is 0.600. The van der Waals surface area contributed by atoms with Crippen LogP contribution in [0.1, 0.15) is 26.2 Å². The number of hydrogen-bond donors (Lipinski definition) is 4. The summed E-state index contributed by atoms with van der Waals surface area (Å²) in [6.45, 7) is 3.24. The Morgan fingerprint density at radius 2 is 1.87 bits per heavy atom. The molecule has 1 aromatic carbocycles. The second kappa shape index (κ2) is 11.6. The first-order valence-corrected chi connectivity index (χ1v) is 10.2.